The molecule has 1 unspecified atom stereocenters. The molecule has 0 amide bonds. The van der Waals surface area contributed by atoms with Crippen molar-refractivity contribution in [3.8, 4) is 0 Å². The molecule has 0 bridgehead atoms. The minimum Gasteiger partial charge on any atom is -0.393 e. The van der Waals surface area contributed by atoms with Crippen molar-refractivity contribution in [2.75, 3.05) is 0 Å². The molecule has 0 aliphatic heterocycles. The van der Waals surface area contributed by atoms with Gasteiger partial charge in [0.1, 0.15) is 0 Å². The van der Waals surface area contributed by atoms with Gasteiger partial charge in [0.2, 0.25) is 0 Å². The van der Waals surface area contributed by atoms with Crippen LogP contribution in [-0.4, -0.2) is 11.2 Å². The molecule has 0 saturated heterocycles. The molecule has 0 aromatic heterocycles. The van der Waals surface area contributed by atoms with E-state index in [0.29, 0.717) is 0 Å². The summed E-state index contributed by atoms with van der Waals surface area (Å²) in [6, 6.07) is 0. The van der Waals surface area contributed by atoms with Gasteiger partial charge < -0.3 is 5.11 Å². The van der Waals surface area contributed by atoms with E-state index in [-0.39, 0.29) is 6.10 Å². The fourth-order valence-electron chi connectivity index (χ4n) is 2.51. The van der Waals surface area contributed by atoms with Crippen LogP contribution in [0.4, 0.5) is 0 Å². The lowest BCUT2D eigenvalue weighted by atomic mass is 10.1. The minimum atomic E-state index is -0.118. The van der Waals surface area contributed by atoms with Crippen molar-refractivity contribution in [2.24, 2.45) is 0 Å². The highest BCUT2D eigenvalue weighted by Gasteiger charge is 1.94. The number of allylic oxidation sites excluding steroid dienone is 2. The van der Waals surface area contributed by atoms with Crippen LogP contribution in [0.15, 0.2) is 12.2 Å². The van der Waals surface area contributed by atoms with Gasteiger partial charge in [-0.2, -0.15) is 0 Å². The van der Waals surface area contributed by atoms with Crippen LogP contribution >= 0.6 is 0 Å². The lowest BCUT2D eigenvalue weighted by molar-refractivity contribution is 0.180. The van der Waals surface area contributed by atoms with Crippen molar-refractivity contribution in [3.05, 3.63) is 12.2 Å². The van der Waals surface area contributed by atoms with Crippen LogP contribution in [-0.2, 0) is 0 Å². The Balaban J connectivity index is 3.05. The zero-order chi connectivity index (χ0) is 14.9. The van der Waals surface area contributed by atoms with Crippen molar-refractivity contribution in [3.63, 3.8) is 0 Å². The lowest BCUT2D eigenvalue weighted by Gasteiger charge is -2.02. The third kappa shape index (κ3) is 17.7. The molecule has 1 nitrogen and oxygen atoms in total. The van der Waals surface area contributed by atoms with E-state index < -0.39 is 0 Å². The first-order valence-electron chi connectivity index (χ1n) is 9.10. The van der Waals surface area contributed by atoms with Crippen molar-refractivity contribution < 1.29 is 5.11 Å². The zero-order valence-corrected chi connectivity index (χ0v) is 14.1. The van der Waals surface area contributed by atoms with Gasteiger partial charge >= 0.3 is 0 Å². The molecule has 0 spiro atoms. The monoisotopic (exact) mass is 282 g/mol. The standard InChI is InChI=1S/C19H38O/c1-3-4-5-6-7-8-9-10-11-12-13-14-15-16-17-18-19(2)20/h12-13,19-20H,3-11,14-18H2,1-2H3. The molecule has 1 atom stereocenters. The van der Waals surface area contributed by atoms with E-state index in [1.54, 1.807) is 0 Å². The molecule has 20 heavy (non-hydrogen) atoms. The molecular weight excluding hydrogens is 244 g/mol. The van der Waals surface area contributed by atoms with Crippen LogP contribution in [0.25, 0.3) is 0 Å². The van der Waals surface area contributed by atoms with Crippen LogP contribution in [0.1, 0.15) is 104 Å². The molecule has 0 aromatic rings. The third-order valence-corrected chi connectivity index (χ3v) is 3.88. The molecule has 1 N–H and O–H groups in total. The summed E-state index contributed by atoms with van der Waals surface area (Å²) in [5.41, 5.74) is 0. The van der Waals surface area contributed by atoms with E-state index in [0.717, 1.165) is 6.42 Å². The predicted molar refractivity (Wildman–Crippen MR) is 91.1 cm³/mol. The molecule has 0 radical (unpaired) electrons. The Bertz CT molecular complexity index is 196. The summed E-state index contributed by atoms with van der Waals surface area (Å²) in [6.45, 7) is 4.16. The van der Waals surface area contributed by atoms with E-state index in [4.69, 9.17) is 5.11 Å². The molecule has 1 heteroatoms. The van der Waals surface area contributed by atoms with Crippen molar-refractivity contribution in [1.82, 2.24) is 0 Å². The van der Waals surface area contributed by atoms with Gasteiger partial charge in [-0.25, -0.2) is 0 Å². The SMILES string of the molecule is CCCCCCCCCCC=CCCCCCC(C)O. The second-order valence-electron chi connectivity index (χ2n) is 6.22. The number of rotatable bonds is 15. The van der Waals surface area contributed by atoms with E-state index in [9.17, 15) is 0 Å². The van der Waals surface area contributed by atoms with E-state index >= 15 is 0 Å². The molecule has 0 fully saturated rings. The van der Waals surface area contributed by atoms with Crippen LogP contribution in [0.2, 0.25) is 0 Å². The summed E-state index contributed by atoms with van der Waals surface area (Å²) in [5.74, 6) is 0. The fraction of sp³-hybridized carbons (Fsp3) is 0.895. The molecular formula is C19H38O. The summed E-state index contributed by atoms with van der Waals surface area (Å²) in [5, 5.41) is 9.14. The second kappa shape index (κ2) is 16.8. The first kappa shape index (κ1) is 19.7. The van der Waals surface area contributed by atoms with Crippen LogP contribution in [0.3, 0.4) is 0 Å². The largest absolute Gasteiger partial charge is 0.393 e. The maximum atomic E-state index is 9.14. The average Bonchev–Trinajstić information content (AvgIpc) is 2.43. The summed E-state index contributed by atoms with van der Waals surface area (Å²) in [4.78, 5) is 0. The summed E-state index contributed by atoms with van der Waals surface area (Å²) in [7, 11) is 0. The van der Waals surface area contributed by atoms with Gasteiger partial charge in [0, 0.05) is 0 Å². The van der Waals surface area contributed by atoms with Crippen molar-refractivity contribution in [2.45, 2.75) is 110 Å². The maximum Gasteiger partial charge on any atom is 0.0512 e. The van der Waals surface area contributed by atoms with E-state index in [1.807, 2.05) is 6.92 Å². The highest BCUT2D eigenvalue weighted by Crippen LogP contribution is 2.10. The third-order valence-electron chi connectivity index (χ3n) is 3.88. The lowest BCUT2D eigenvalue weighted by Crippen LogP contribution is -1.97. The number of hydrogen-bond acceptors (Lipinski definition) is 1. The Morgan fingerprint density at radius 1 is 0.700 bits per heavy atom. The number of hydrogen-bond donors (Lipinski definition) is 1. The van der Waals surface area contributed by atoms with Crippen LogP contribution in [0, 0.1) is 0 Å². The van der Waals surface area contributed by atoms with Gasteiger partial charge in [-0.15, -0.1) is 0 Å². The summed E-state index contributed by atoms with van der Waals surface area (Å²) in [6.07, 6.45) is 23.0. The Morgan fingerprint density at radius 3 is 1.65 bits per heavy atom. The smallest absolute Gasteiger partial charge is 0.0512 e. The minimum absolute atomic E-state index is 0.118. The van der Waals surface area contributed by atoms with Crippen LogP contribution < -0.4 is 0 Å². The van der Waals surface area contributed by atoms with Crippen LogP contribution in [0.5, 0.6) is 0 Å². The molecule has 0 heterocycles. The number of aliphatic hydroxyl groups excluding tert-OH is 1. The van der Waals surface area contributed by atoms with Gasteiger partial charge in [-0.3, -0.25) is 0 Å². The van der Waals surface area contributed by atoms with Gasteiger partial charge in [0.05, 0.1) is 6.10 Å². The van der Waals surface area contributed by atoms with E-state index in [1.165, 1.54) is 83.5 Å². The fourth-order valence-corrected chi connectivity index (χ4v) is 2.51. The Morgan fingerprint density at radius 2 is 1.15 bits per heavy atom. The zero-order valence-electron chi connectivity index (χ0n) is 14.1. The highest BCUT2D eigenvalue weighted by molar-refractivity contribution is 4.81. The molecule has 0 aliphatic rings. The molecule has 0 rings (SSSR count). The van der Waals surface area contributed by atoms with Gasteiger partial charge in [-0.05, 0) is 39.0 Å². The number of unbranched alkanes of at least 4 members (excludes halogenated alkanes) is 11. The molecule has 0 aromatic carbocycles. The van der Waals surface area contributed by atoms with Gasteiger partial charge in [-0.1, -0.05) is 76.9 Å². The average molecular weight is 283 g/mol. The maximum absolute atomic E-state index is 9.14. The van der Waals surface area contributed by atoms with Crippen molar-refractivity contribution in [1.29, 1.82) is 0 Å². The summed E-state index contributed by atoms with van der Waals surface area (Å²) < 4.78 is 0. The highest BCUT2D eigenvalue weighted by atomic mass is 16.3. The normalized spacial score (nSPS) is 13.2. The molecule has 120 valence electrons. The topological polar surface area (TPSA) is 20.2 Å². The van der Waals surface area contributed by atoms with Gasteiger partial charge in [0.25, 0.3) is 0 Å². The summed E-state index contributed by atoms with van der Waals surface area (Å²) >= 11 is 0. The van der Waals surface area contributed by atoms with Gasteiger partial charge in [0.15, 0.2) is 0 Å². The van der Waals surface area contributed by atoms with Crippen molar-refractivity contribution >= 4 is 0 Å². The quantitative estimate of drug-likeness (QED) is 0.272. The first-order chi connectivity index (χ1) is 9.77. The predicted octanol–water partition coefficient (Wildman–Crippen LogP) is 6.40. The van der Waals surface area contributed by atoms with E-state index in [2.05, 4.69) is 19.1 Å². The second-order valence-corrected chi connectivity index (χ2v) is 6.22. The molecule has 0 aliphatic carbocycles. The molecule has 0 saturated carbocycles. The number of aliphatic hydroxyl groups is 1. The Kier molecular flexibility index (Phi) is 16.5. The Labute approximate surface area is 127 Å². The first-order valence-corrected chi connectivity index (χ1v) is 9.10. The Hall–Kier alpha value is -0.300.